The van der Waals surface area contributed by atoms with Gasteiger partial charge in [-0.05, 0) is 50.6 Å². The number of carbonyl (C=O) groups excluding carboxylic acids is 2. The fourth-order valence-corrected chi connectivity index (χ4v) is 5.96. The Labute approximate surface area is 224 Å². The standard InChI is InChI=1S/C28H28N6O3S/c1-16-5-8-18(9-6-16)34-23(25(35)29-4)19(15-30-34)17-7-10-22-21(13-17)33(11-12-37-22)27-31-20-14-28(2,3)32-26(36)24(20)38-27/h5-10,13,15H,11-12,14H2,1-4H3,(H,29,35)(H,32,36). The number of ether oxygens (including phenoxy) is 1. The predicted octanol–water partition coefficient (Wildman–Crippen LogP) is 4.26. The number of nitrogens with zero attached hydrogens (tertiary/aromatic N) is 4. The van der Waals surface area contributed by atoms with E-state index in [0.29, 0.717) is 35.7 Å². The molecule has 0 spiro atoms. The molecule has 2 aliphatic rings. The minimum Gasteiger partial charge on any atom is -0.490 e. The van der Waals surface area contributed by atoms with Crippen LogP contribution in [0.4, 0.5) is 10.8 Å². The number of aryl methyl sites for hydroxylation is 1. The summed E-state index contributed by atoms with van der Waals surface area (Å²) in [5.41, 5.74) is 5.24. The van der Waals surface area contributed by atoms with E-state index < -0.39 is 0 Å². The normalized spacial score (nSPS) is 15.8. The number of hydrogen-bond acceptors (Lipinski definition) is 7. The molecule has 6 rings (SSSR count). The highest BCUT2D eigenvalue weighted by molar-refractivity contribution is 7.17. The molecule has 2 aromatic carbocycles. The number of amides is 2. The summed E-state index contributed by atoms with van der Waals surface area (Å²) >= 11 is 1.40. The summed E-state index contributed by atoms with van der Waals surface area (Å²) in [6, 6.07) is 13.7. The van der Waals surface area contributed by atoms with Crippen LogP contribution in [-0.4, -0.2) is 52.3 Å². The molecule has 2 N–H and O–H groups in total. The van der Waals surface area contributed by atoms with Crippen molar-refractivity contribution in [1.29, 1.82) is 0 Å². The van der Waals surface area contributed by atoms with Crippen molar-refractivity contribution in [3.05, 3.63) is 70.5 Å². The molecule has 10 heteroatoms. The van der Waals surface area contributed by atoms with Crippen molar-refractivity contribution in [2.24, 2.45) is 0 Å². The Morgan fingerprint density at radius 2 is 1.97 bits per heavy atom. The first-order valence-electron chi connectivity index (χ1n) is 12.5. The van der Waals surface area contributed by atoms with Gasteiger partial charge in [0.15, 0.2) is 5.13 Å². The summed E-state index contributed by atoms with van der Waals surface area (Å²) in [6.45, 7) is 7.13. The van der Waals surface area contributed by atoms with Crippen LogP contribution in [0.5, 0.6) is 5.75 Å². The minimum atomic E-state index is -0.334. The van der Waals surface area contributed by atoms with E-state index in [4.69, 9.17) is 9.72 Å². The first kappa shape index (κ1) is 24.2. The van der Waals surface area contributed by atoms with Gasteiger partial charge < -0.3 is 20.3 Å². The number of rotatable bonds is 4. The summed E-state index contributed by atoms with van der Waals surface area (Å²) in [7, 11) is 1.61. The summed E-state index contributed by atoms with van der Waals surface area (Å²) in [4.78, 5) is 33.4. The minimum absolute atomic E-state index is 0.0824. The fourth-order valence-electron chi connectivity index (χ4n) is 4.94. The quantitative estimate of drug-likeness (QED) is 0.411. The Bertz CT molecular complexity index is 1570. The molecule has 0 saturated carbocycles. The van der Waals surface area contributed by atoms with Crippen LogP contribution in [0.25, 0.3) is 16.8 Å². The van der Waals surface area contributed by atoms with Crippen molar-refractivity contribution in [2.75, 3.05) is 25.1 Å². The average Bonchev–Trinajstić information content (AvgIpc) is 3.52. The molecular formula is C28H28N6O3S. The summed E-state index contributed by atoms with van der Waals surface area (Å²) in [6.07, 6.45) is 2.39. The van der Waals surface area contributed by atoms with Crippen LogP contribution in [0.2, 0.25) is 0 Å². The SMILES string of the molecule is CNC(=O)c1c(-c2ccc3c(c2)N(c2nc4c(s2)C(=O)NC(C)(C)C4)CCO3)cnn1-c1ccc(C)cc1. The van der Waals surface area contributed by atoms with Gasteiger partial charge in [0, 0.05) is 24.6 Å². The van der Waals surface area contributed by atoms with Crippen molar-refractivity contribution >= 4 is 34.0 Å². The van der Waals surface area contributed by atoms with Crippen molar-refractivity contribution in [3.8, 4) is 22.6 Å². The van der Waals surface area contributed by atoms with Crippen LogP contribution in [-0.2, 0) is 6.42 Å². The van der Waals surface area contributed by atoms with E-state index in [1.54, 1.807) is 17.9 Å². The molecule has 0 radical (unpaired) electrons. The zero-order valence-corrected chi connectivity index (χ0v) is 22.5. The molecule has 4 heterocycles. The molecule has 2 amide bonds. The zero-order valence-electron chi connectivity index (χ0n) is 21.7. The van der Waals surface area contributed by atoms with Crippen molar-refractivity contribution in [3.63, 3.8) is 0 Å². The molecule has 0 atom stereocenters. The van der Waals surface area contributed by atoms with Gasteiger partial charge in [-0.3, -0.25) is 9.59 Å². The molecule has 2 aliphatic heterocycles. The number of hydrogen-bond donors (Lipinski definition) is 2. The smallest absolute Gasteiger partial charge is 0.270 e. The molecule has 0 unspecified atom stereocenters. The lowest BCUT2D eigenvalue weighted by atomic mass is 9.94. The molecule has 0 fully saturated rings. The lowest BCUT2D eigenvalue weighted by Gasteiger charge is -2.29. The molecule has 9 nitrogen and oxygen atoms in total. The van der Waals surface area contributed by atoms with Gasteiger partial charge in [-0.1, -0.05) is 35.1 Å². The highest BCUT2D eigenvalue weighted by Crippen LogP contribution is 2.43. The fraction of sp³-hybridized carbons (Fsp3) is 0.286. The van der Waals surface area contributed by atoms with Crippen LogP contribution in [0.1, 0.15) is 45.3 Å². The Kier molecular flexibility index (Phi) is 5.71. The van der Waals surface area contributed by atoms with Crippen LogP contribution in [0.3, 0.4) is 0 Å². The molecule has 194 valence electrons. The Hall–Kier alpha value is -4.18. The first-order valence-corrected chi connectivity index (χ1v) is 13.3. The summed E-state index contributed by atoms with van der Waals surface area (Å²) < 4.78 is 7.63. The first-order chi connectivity index (χ1) is 18.2. The molecule has 4 aromatic rings. The van der Waals surface area contributed by atoms with Gasteiger partial charge >= 0.3 is 0 Å². The van der Waals surface area contributed by atoms with E-state index in [0.717, 1.165) is 39.1 Å². The summed E-state index contributed by atoms with van der Waals surface area (Å²) in [5.74, 6) is 0.413. The number of anilines is 2. The molecule has 0 bridgehead atoms. The third-order valence-corrected chi connectivity index (χ3v) is 7.93. The summed E-state index contributed by atoms with van der Waals surface area (Å²) in [5, 5.41) is 11.1. The van der Waals surface area contributed by atoms with Gasteiger partial charge in [-0.25, -0.2) is 9.67 Å². The maximum absolute atomic E-state index is 13.0. The van der Waals surface area contributed by atoms with Crippen LogP contribution in [0, 0.1) is 6.92 Å². The second-order valence-electron chi connectivity index (χ2n) is 10.2. The topological polar surface area (TPSA) is 101 Å². The van der Waals surface area contributed by atoms with E-state index in [2.05, 4.69) is 20.6 Å². The third kappa shape index (κ3) is 4.10. The van der Waals surface area contributed by atoms with Gasteiger partial charge in [0.25, 0.3) is 11.8 Å². The lowest BCUT2D eigenvalue weighted by Crippen LogP contribution is -2.48. The van der Waals surface area contributed by atoms with E-state index >= 15 is 0 Å². The Morgan fingerprint density at radius 3 is 2.74 bits per heavy atom. The predicted molar refractivity (Wildman–Crippen MR) is 147 cm³/mol. The zero-order chi connectivity index (χ0) is 26.6. The maximum atomic E-state index is 13.0. The largest absolute Gasteiger partial charge is 0.490 e. The molecule has 38 heavy (non-hydrogen) atoms. The monoisotopic (exact) mass is 528 g/mol. The average molecular weight is 529 g/mol. The van der Waals surface area contributed by atoms with E-state index in [-0.39, 0.29) is 17.4 Å². The van der Waals surface area contributed by atoms with Gasteiger partial charge in [0.1, 0.15) is 22.9 Å². The second kappa shape index (κ2) is 8.98. The highest BCUT2D eigenvalue weighted by atomic mass is 32.1. The number of thiazole rings is 1. The van der Waals surface area contributed by atoms with Crippen LogP contribution < -0.4 is 20.3 Å². The van der Waals surface area contributed by atoms with Crippen molar-refractivity contribution in [2.45, 2.75) is 32.7 Å². The van der Waals surface area contributed by atoms with Gasteiger partial charge in [-0.15, -0.1) is 0 Å². The second-order valence-corrected chi connectivity index (χ2v) is 11.2. The van der Waals surface area contributed by atoms with E-state index in [9.17, 15) is 9.59 Å². The number of benzene rings is 2. The number of nitrogens with one attached hydrogen (secondary N) is 2. The van der Waals surface area contributed by atoms with Crippen molar-refractivity contribution in [1.82, 2.24) is 25.4 Å². The lowest BCUT2D eigenvalue weighted by molar-refractivity contribution is 0.0899. The van der Waals surface area contributed by atoms with Gasteiger partial charge in [0.2, 0.25) is 0 Å². The van der Waals surface area contributed by atoms with Crippen LogP contribution in [0.15, 0.2) is 48.7 Å². The molecule has 2 aromatic heterocycles. The Balaban J connectivity index is 1.43. The van der Waals surface area contributed by atoms with E-state index in [1.807, 2.05) is 63.2 Å². The van der Waals surface area contributed by atoms with Crippen LogP contribution >= 0.6 is 11.3 Å². The molecule has 0 saturated heterocycles. The van der Waals surface area contributed by atoms with Gasteiger partial charge in [0.05, 0.1) is 29.8 Å². The number of carbonyl (C=O) groups is 2. The molecule has 0 aliphatic carbocycles. The van der Waals surface area contributed by atoms with E-state index in [1.165, 1.54) is 11.3 Å². The third-order valence-electron chi connectivity index (χ3n) is 6.81. The molecular weight excluding hydrogens is 500 g/mol. The van der Waals surface area contributed by atoms with Crippen molar-refractivity contribution < 1.29 is 14.3 Å². The highest BCUT2D eigenvalue weighted by Gasteiger charge is 2.35. The van der Waals surface area contributed by atoms with Gasteiger partial charge in [-0.2, -0.15) is 5.10 Å². The number of aromatic nitrogens is 3. The maximum Gasteiger partial charge on any atom is 0.270 e. The Morgan fingerprint density at radius 1 is 1.18 bits per heavy atom. The number of fused-ring (bicyclic) bond motifs is 2.